The van der Waals surface area contributed by atoms with Crippen LogP contribution < -0.4 is 11.1 Å². The number of hydrogen-bond acceptors (Lipinski definition) is 5. The molecule has 0 saturated carbocycles. The van der Waals surface area contributed by atoms with Gasteiger partial charge in [0.25, 0.3) is 0 Å². The molecule has 1 rings (SSSR count). The Bertz CT molecular complexity index is 487. The maximum absolute atomic E-state index is 11.8. The molecule has 0 aromatic carbocycles. The van der Waals surface area contributed by atoms with Crippen molar-refractivity contribution in [2.24, 2.45) is 0 Å². The predicted octanol–water partition coefficient (Wildman–Crippen LogP) is 1.03. The van der Waals surface area contributed by atoms with Crippen LogP contribution >= 0.6 is 0 Å². The zero-order chi connectivity index (χ0) is 15.1. The van der Waals surface area contributed by atoms with Crippen LogP contribution in [0.2, 0.25) is 0 Å². The van der Waals surface area contributed by atoms with Gasteiger partial charge >= 0.3 is 5.97 Å². The number of amides is 1. The molecule has 4 N–H and O–H groups in total. The zero-order valence-corrected chi connectivity index (χ0v) is 11.7. The number of hydrogen-bond donors (Lipinski definition) is 3. The Morgan fingerprint density at radius 1 is 1.40 bits per heavy atom. The fraction of sp³-hybridized carbons (Fsp3) is 0.462. The molecule has 110 valence electrons. The number of carbonyl (C=O) groups excluding carboxylic acids is 1. The second-order valence-corrected chi connectivity index (χ2v) is 4.21. The summed E-state index contributed by atoms with van der Waals surface area (Å²) in [6, 6.07) is 1.34. The molecule has 20 heavy (non-hydrogen) atoms. The Kier molecular flexibility index (Phi) is 5.76. The van der Waals surface area contributed by atoms with Crippen LogP contribution in [0.3, 0.4) is 0 Å². The first-order valence-electron chi connectivity index (χ1n) is 6.50. The Labute approximate surface area is 117 Å². The standard InChI is InChI=1S/C13H20N4O3/c1-3-17(4-2)11(18)5-6-15-12-10(14)7-9(8-16-12)13(19)20/h7-8H,3-6,14H2,1-2H3,(H,15,16)(H,19,20). The number of pyridine rings is 1. The number of anilines is 2. The average Bonchev–Trinajstić information content (AvgIpc) is 2.41. The molecule has 0 atom stereocenters. The normalized spacial score (nSPS) is 10.1. The summed E-state index contributed by atoms with van der Waals surface area (Å²) in [7, 11) is 0. The van der Waals surface area contributed by atoms with Gasteiger partial charge in [0.05, 0.1) is 11.3 Å². The first kappa shape index (κ1) is 15.7. The van der Waals surface area contributed by atoms with Crippen LogP contribution in [0.15, 0.2) is 12.3 Å². The van der Waals surface area contributed by atoms with E-state index >= 15 is 0 Å². The number of aromatic carboxylic acids is 1. The van der Waals surface area contributed by atoms with E-state index in [1.807, 2.05) is 13.8 Å². The number of nitrogens with one attached hydrogen (secondary N) is 1. The lowest BCUT2D eigenvalue weighted by Gasteiger charge is -2.18. The highest BCUT2D eigenvalue weighted by Crippen LogP contribution is 2.16. The van der Waals surface area contributed by atoms with Crippen LogP contribution in [0, 0.1) is 0 Å². The van der Waals surface area contributed by atoms with Crippen LogP contribution in [-0.4, -0.2) is 46.5 Å². The van der Waals surface area contributed by atoms with E-state index in [4.69, 9.17) is 10.8 Å². The summed E-state index contributed by atoms with van der Waals surface area (Å²) in [5.74, 6) is -0.627. The van der Waals surface area contributed by atoms with E-state index in [0.29, 0.717) is 31.9 Å². The zero-order valence-electron chi connectivity index (χ0n) is 11.7. The number of carboxylic acid groups (broad SMARTS) is 1. The topological polar surface area (TPSA) is 109 Å². The van der Waals surface area contributed by atoms with Crippen LogP contribution in [0.1, 0.15) is 30.6 Å². The average molecular weight is 280 g/mol. The lowest BCUT2D eigenvalue weighted by Crippen LogP contribution is -2.31. The number of carboxylic acids is 1. The van der Waals surface area contributed by atoms with Crippen LogP contribution in [-0.2, 0) is 4.79 Å². The molecule has 7 nitrogen and oxygen atoms in total. The first-order chi connectivity index (χ1) is 9.49. The molecule has 0 unspecified atom stereocenters. The molecular formula is C13H20N4O3. The van der Waals surface area contributed by atoms with Gasteiger partial charge < -0.3 is 21.1 Å². The molecule has 0 bridgehead atoms. The van der Waals surface area contributed by atoms with Crippen molar-refractivity contribution < 1.29 is 14.7 Å². The molecule has 0 fully saturated rings. The number of rotatable bonds is 7. The number of nitrogens with two attached hydrogens (primary N) is 1. The third-order valence-electron chi connectivity index (χ3n) is 2.91. The molecule has 0 aliphatic rings. The maximum atomic E-state index is 11.8. The van der Waals surface area contributed by atoms with Gasteiger partial charge in [-0.1, -0.05) is 0 Å². The lowest BCUT2D eigenvalue weighted by atomic mass is 10.2. The summed E-state index contributed by atoms with van der Waals surface area (Å²) in [6.07, 6.45) is 1.57. The molecule has 1 aromatic heterocycles. The second kappa shape index (κ2) is 7.32. The molecule has 0 aliphatic heterocycles. The fourth-order valence-electron chi connectivity index (χ4n) is 1.77. The summed E-state index contributed by atoms with van der Waals surface area (Å²) < 4.78 is 0. The van der Waals surface area contributed by atoms with Gasteiger partial charge in [-0.2, -0.15) is 0 Å². The monoisotopic (exact) mass is 280 g/mol. The Morgan fingerprint density at radius 2 is 2.05 bits per heavy atom. The van der Waals surface area contributed by atoms with E-state index in [1.54, 1.807) is 4.90 Å². The van der Waals surface area contributed by atoms with Crippen molar-refractivity contribution >= 4 is 23.4 Å². The van der Waals surface area contributed by atoms with Crippen molar-refractivity contribution in [3.63, 3.8) is 0 Å². The highest BCUT2D eigenvalue weighted by molar-refractivity contribution is 5.89. The largest absolute Gasteiger partial charge is 0.478 e. The van der Waals surface area contributed by atoms with Gasteiger partial charge in [-0.05, 0) is 19.9 Å². The van der Waals surface area contributed by atoms with Gasteiger partial charge in [-0.3, -0.25) is 4.79 Å². The van der Waals surface area contributed by atoms with Gasteiger partial charge in [-0.25, -0.2) is 9.78 Å². The Balaban J connectivity index is 2.54. The van der Waals surface area contributed by atoms with Crippen LogP contribution in [0.25, 0.3) is 0 Å². The second-order valence-electron chi connectivity index (χ2n) is 4.21. The van der Waals surface area contributed by atoms with E-state index in [2.05, 4.69) is 10.3 Å². The summed E-state index contributed by atoms with van der Waals surface area (Å²) in [4.78, 5) is 28.2. The highest BCUT2D eigenvalue weighted by atomic mass is 16.4. The van der Waals surface area contributed by atoms with Crippen molar-refractivity contribution in [2.45, 2.75) is 20.3 Å². The van der Waals surface area contributed by atoms with Gasteiger partial charge in [0.1, 0.15) is 5.82 Å². The summed E-state index contributed by atoms with van der Waals surface area (Å²) in [5.41, 5.74) is 5.99. The summed E-state index contributed by atoms with van der Waals surface area (Å²) in [6.45, 7) is 5.63. The van der Waals surface area contributed by atoms with E-state index in [-0.39, 0.29) is 17.2 Å². The fourth-order valence-corrected chi connectivity index (χ4v) is 1.77. The van der Waals surface area contributed by atoms with Crippen LogP contribution in [0.5, 0.6) is 0 Å². The van der Waals surface area contributed by atoms with Crippen molar-refractivity contribution in [1.82, 2.24) is 9.88 Å². The number of aromatic nitrogens is 1. The molecule has 1 aromatic rings. The summed E-state index contributed by atoms with van der Waals surface area (Å²) >= 11 is 0. The first-order valence-corrected chi connectivity index (χ1v) is 6.50. The Hall–Kier alpha value is -2.31. The van der Waals surface area contributed by atoms with Crippen molar-refractivity contribution in [3.8, 4) is 0 Å². The van der Waals surface area contributed by atoms with E-state index in [9.17, 15) is 9.59 Å². The Morgan fingerprint density at radius 3 is 2.55 bits per heavy atom. The molecule has 1 amide bonds. The number of nitrogen functional groups attached to an aromatic ring is 1. The van der Waals surface area contributed by atoms with Crippen molar-refractivity contribution in [1.29, 1.82) is 0 Å². The molecule has 7 heteroatoms. The molecule has 0 aliphatic carbocycles. The van der Waals surface area contributed by atoms with Crippen molar-refractivity contribution in [2.75, 3.05) is 30.7 Å². The minimum Gasteiger partial charge on any atom is -0.478 e. The minimum atomic E-state index is -1.08. The molecule has 0 saturated heterocycles. The van der Waals surface area contributed by atoms with E-state index in [1.165, 1.54) is 12.3 Å². The SMILES string of the molecule is CCN(CC)C(=O)CCNc1ncc(C(=O)O)cc1N. The van der Waals surface area contributed by atoms with Gasteiger partial charge in [0, 0.05) is 32.3 Å². The van der Waals surface area contributed by atoms with E-state index < -0.39 is 5.97 Å². The predicted molar refractivity (Wildman–Crippen MR) is 76.6 cm³/mol. The van der Waals surface area contributed by atoms with Crippen LogP contribution in [0.4, 0.5) is 11.5 Å². The van der Waals surface area contributed by atoms with E-state index in [0.717, 1.165) is 0 Å². The van der Waals surface area contributed by atoms with Gasteiger partial charge in [-0.15, -0.1) is 0 Å². The quantitative estimate of drug-likeness (QED) is 0.688. The molecule has 0 spiro atoms. The number of nitrogens with zero attached hydrogens (tertiary/aromatic N) is 2. The lowest BCUT2D eigenvalue weighted by molar-refractivity contribution is -0.130. The molecular weight excluding hydrogens is 260 g/mol. The van der Waals surface area contributed by atoms with Gasteiger partial charge in [0.15, 0.2) is 0 Å². The summed E-state index contributed by atoms with van der Waals surface area (Å²) in [5, 5.41) is 11.7. The molecule has 1 heterocycles. The highest BCUT2D eigenvalue weighted by Gasteiger charge is 2.10. The van der Waals surface area contributed by atoms with Crippen molar-refractivity contribution in [3.05, 3.63) is 17.8 Å². The third kappa shape index (κ3) is 4.11. The maximum Gasteiger partial charge on any atom is 0.337 e. The number of carbonyl (C=O) groups is 2. The minimum absolute atomic E-state index is 0.0345. The third-order valence-corrected chi connectivity index (χ3v) is 2.91. The molecule has 0 radical (unpaired) electrons. The van der Waals surface area contributed by atoms with Gasteiger partial charge in [0.2, 0.25) is 5.91 Å². The smallest absolute Gasteiger partial charge is 0.337 e.